The maximum atomic E-state index is 13.1. The number of hydrogen-bond acceptors (Lipinski definition) is 5. The second-order valence-corrected chi connectivity index (χ2v) is 9.87. The molecule has 27 heavy (non-hydrogen) atoms. The summed E-state index contributed by atoms with van der Waals surface area (Å²) in [5, 5.41) is 0. The van der Waals surface area contributed by atoms with Crippen molar-refractivity contribution in [3.63, 3.8) is 0 Å². The Bertz CT molecular complexity index is 1150. The summed E-state index contributed by atoms with van der Waals surface area (Å²) in [6, 6.07) is 13.2. The molecule has 1 fully saturated rings. The highest BCUT2D eigenvalue weighted by atomic mass is 32.2. The molecular formula is C19H21N3O3S2. The number of aryl methyl sites for hydroxylation is 1. The lowest BCUT2D eigenvalue weighted by atomic mass is 10.1. The van der Waals surface area contributed by atoms with Crippen LogP contribution in [-0.4, -0.2) is 43.4 Å². The van der Waals surface area contributed by atoms with Gasteiger partial charge in [0.1, 0.15) is 0 Å². The van der Waals surface area contributed by atoms with Crippen molar-refractivity contribution in [3.8, 4) is 0 Å². The summed E-state index contributed by atoms with van der Waals surface area (Å²) < 4.78 is 28.4. The van der Waals surface area contributed by atoms with Gasteiger partial charge in [0, 0.05) is 31.4 Å². The van der Waals surface area contributed by atoms with Gasteiger partial charge in [0.15, 0.2) is 0 Å². The third kappa shape index (κ3) is 3.40. The van der Waals surface area contributed by atoms with Gasteiger partial charge in [-0.2, -0.15) is 4.31 Å². The van der Waals surface area contributed by atoms with Gasteiger partial charge in [-0.3, -0.25) is 4.79 Å². The summed E-state index contributed by atoms with van der Waals surface area (Å²) in [5.41, 5.74) is 2.98. The summed E-state index contributed by atoms with van der Waals surface area (Å²) >= 11 is 1.03. The molecule has 0 bridgehead atoms. The molecule has 142 valence electrons. The number of benzene rings is 2. The maximum absolute atomic E-state index is 13.1. The first-order valence-corrected chi connectivity index (χ1v) is 11.1. The summed E-state index contributed by atoms with van der Waals surface area (Å²) in [6.45, 7) is 5.61. The number of thiazole rings is 1. The van der Waals surface area contributed by atoms with Crippen molar-refractivity contribution < 1.29 is 8.42 Å². The predicted octanol–water partition coefficient (Wildman–Crippen LogP) is 2.80. The zero-order chi connectivity index (χ0) is 19.2. The highest BCUT2D eigenvalue weighted by Crippen LogP contribution is 2.27. The molecule has 1 aromatic heterocycles. The van der Waals surface area contributed by atoms with Crippen molar-refractivity contribution in [2.75, 3.05) is 24.5 Å². The average molecular weight is 404 g/mol. The van der Waals surface area contributed by atoms with Crippen molar-refractivity contribution >= 4 is 37.3 Å². The Morgan fingerprint density at radius 1 is 1.15 bits per heavy atom. The second kappa shape index (κ2) is 6.78. The molecule has 8 heteroatoms. The third-order valence-corrected chi connectivity index (χ3v) is 7.66. The van der Waals surface area contributed by atoms with Crippen molar-refractivity contribution in [2.24, 2.45) is 0 Å². The standard InChI is InChI=1S/C19H21N3O3S2/c1-13-4-3-5-15(10-13)22-9-8-21(12-14(22)2)27(24,25)16-6-7-17-18(11-16)26-19(23)20-17/h3-7,10-11,14H,8-9,12H2,1-2H3,(H,20,23)/t14-/m0/s1. The molecule has 1 atom stereocenters. The van der Waals surface area contributed by atoms with Crippen LogP contribution in [-0.2, 0) is 10.0 Å². The minimum Gasteiger partial charge on any atom is -0.366 e. The molecule has 6 nitrogen and oxygen atoms in total. The molecule has 3 aromatic rings. The first-order chi connectivity index (χ1) is 12.8. The molecule has 4 rings (SSSR count). The molecule has 0 spiro atoms. The number of rotatable bonds is 3. The van der Waals surface area contributed by atoms with Crippen LogP contribution < -0.4 is 9.77 Å². The predicted molar refractivity (Wildman–Crippen MR) is 109 cm³/mol. The van der Waals surface area contributed by atoms with Crippen molar-refractivity contribution in [2.45, 2.75) is 24.8 Å². The van der Waals surface area contributed by atoms with Gasteiger partial charge < -0.3 is 9.88 Å². The fraction of sp³-hybridized carbons (Fsp3) is 0.316. The molecule has 2 aromatic carbocycles. The largest absolute Gasteiger partial charge is 0.366 e. The Morgan fingerprint density at radius 2 is 1.96 bits per heavy atom. The van der Waals surface area contributed by atoms with Crippen LogP contribution in [0.4, 0.5) is 5.69 Å². The minimum absolute atomic E-state index is 0.0716. The van der Waals surface area contributed by atoms with E-state index in [-0.39, 0.29) is 15.8 Å². The van der Waals surface area contributed by atoms with Gasteiger partial charge >= 0.3 is 4.87 Å². The Labute approximate surface area is 162 Å². The zero-order valence-corrected chi connectivity index (χ0v) is 16.8. The zero-order valence-electron chi connectivity index (χ0n) is 15.2. The topological polar surface area (TPSA) is 73.5 Å². The highest BCUT2D eigenvalue weighted by molar-refractivity contribution is 7.89. The van der Waals surface area contributed by atoms with Crippen LogP contribution in [0.15, 0.2) is 52.2 Å². The summed E-state index contributed by atoms with van der Waals surface area (Å²) in [7, 11) is -3.59. The van der Waals surface area contributed by atoms with Gasteiger partial charge in [-0.15, -0.1) is 0 Å². The number of fused-ring (bicyclic) bond motifs is 1. The van der Waals surface area contributed by atoms with Crippen LogP contribution in [0.5, 0.6) is 0 Å². The lowest BCUT2D eigenvalue weighted by Crippen LogP contribution is -2.53. The molecule has 0 radical (unpaired) electrons. The molecule has 1 N–H and O–H groups in total. The molecule has 2 heterocycles. The van der Waals surface area contributed by atoms with Crippen LogP contribution in [0, 0.1) is 6.92 Å². The number of nitrogens with zero attached hydrogens (tertiary/aromatic N) is 2. The van der Waals surface area contributed by atoms with Crippen molar-refractivity contribution in [3.05, 3.63) is 57.7 Å². The maximum Gasteiger partial charge on any atom is 0.305 e. The van der Waals surface area contributed by atoms with E-state index in [0.717, 1.165) is 17.0 Å². The fourth-order valence-corrected chi connectivity index (χ4v) is 5.96. The van der Waals surface area contributed by atoms with Crippen LogP contribution in [0.25, 0.3) is 10.2 Å². The lowest BCUT2D eigenvalue weighted by molar-refractivity contribution is 0.342. The van der Waals surface area contributed by atoms with E-state index in [0.29, 0.717) is 29.9 Å². The van der Waals surface area contributed by atoms with E-state index < -0.39 is 10.0 Å². The van der Waals surface area contributed by atoms with E-state index in [4.69, 9.17) is 0 Å². The number of nitrogens with one attached hydrogen (secondary N) is 1. The van der Waals surface area contributed by atoms with Gasteiger partial charge in [-0.05, 0) is 49.7 Å². The molecule has 1 saturated heterocycles. The van der Waals surface area contributed by atoms with Crippen LogP contribution >= 0.6 is 11.3 Å². The summed E-state index contributed by atoms with van der Waals surface area (Å²) in [5.74, 6) is 0. The first kappa shape index (κ1) is 18.2. The number of aromatic amines is 1. The number of anilines is 1. The molecular weight excluding hydrogens is 382 g/mol. The number of H-pyrrole nitrogens is 1. The van der Waals surface area contributed by atoms with Gasteiger partial charge in [-0.1, -0.05) is 23.5 Å². The van der Waals surface area contributed by atoms with Gasteiger partial charge in [0.05, 0.1) is 15.1 Å². The van der Waals surface area contributed by atoms with E-state index in [1.54, 1.807) is 22.5 Å². The summed E-state index contributed by atoms with van der Waals surface area (Å²) in [4.78, 5) is 16.5. The smallest absolute Gasteiger partial charge is 0.305 e. The Morgan fingerprint density at radius 3 is 2.70 bits per heavy atom. The lowest BCUT2D eigenvalue weighted by Gasteiger charge is -2.40. The molecule has 0 aliphatic carbocycles. The Balaban J connectivity index is 1.59. The van der Waals surface area contributed by atoms with Crippen LogP contribution in [0.2, 0.25) is 0 Å². The SMILES string of the molecule is Cc1cccc(N2CCN(S(=O)(=O)c3ccc4[nH]c(=O)sc4c3)C[C@@H]2C)c1. The van der Waals surface area contributed by atoms with E-state index in [1.807, 2.05) is 13.0 Å². The van der Waals surface area contributed by atoms with Crippen molar-refractivity contribution in [1.82, 2.24) is 9.29 Å². The minimum atomic E-state index is -3.59. The van der Waals surface area contributed by atoms with E-state index in [1.165, 1.54) is 5.56 Å². The van der Waals surface area contributed by atoms with Crippen molar-refractivity contribution in [1.29, 1.82) is 0 Å². The number of aromatic nitrogens is 1. The summed E-state index contributed by atoms with van der Waals surface area (Å²) in [6.07, 6.45) is 0. The first-order valence-electron chi connectivity index (χ1n) is 8.81. The quantitative estimate of drug-likeness (QED) is 0.730. The van der Waals surface area contributed by atoms with Gasteiger partial charge in [0.25, 0.3) is 0 Å². The molecule has 0 saturated carbocycles. The Kier molecular flexibility index (Phi) is 4.57. The third-order valence-electron chi connectivity index (χ3n) is 4.95. The average Bonchev–Trinajstić information content (AvgIpc) is 3.00. The molecule has 0 amide bonds. The van der Waals surface area contributed by atoms with Gasteiger partial charge in [0.2, 0.25) is 10.0 Å². The van der Waals surface area contributed by atoms with E-state index in [9.17, 15) is 13.2 Å². The van der Waals surface area contributed by atoms with Crippen LogP contribution in [0.1, 0.15) is 12.5 Å². The molecule has 0 unspecified atom stereocenters. The molecule has 1 aliphatic rings. The molecule has 1 aliphatic heterocycles. The number of sulfonamides is 1. The van der Waals surface area contributed by atoms with Gasteiger partial charge in [-0.25, -0.2) is 8.42 Å². The monoisotopic (exact) mass is 403 g/mol. The number of piperazine rings is 1. The second-order valence-electron chi connectivity index (χ2n) is 6.92. The van der Waals surface area contributed by atoms with E-state index in [2.05, 4.69) is 35.0 Å². The fourth-order valence-electron chi connectivity index (χ4n) is 3.57. The van der Waals surface area contributed by atoms with E-state index >= 15 is 0 Å². The normalized spacial score (nSPS) is 18.9. The van der Waals surface area contributed by atoms with Crippen LogP contribution in [0.3, 0.4) is 0 Å². The highest BCUT2D eigenvalue weighted by Gasteiger charge is 2.32. The Hall–Kier alpha value is -2.16. The number of hydrogen-bond donors (Lipinski definition) is 1.